The quantitative estimate of drug-likeness (QED) is 0.373. The van der Waals surface area contributed by atoms with E-state index in [4.69, 9.17) is 9.47 Å². The van der Waals surface area contributed by atoms with Gasteiger partial charge in [-0.15, -0.1) is 11.8 Å². The number of nitrogens with zero attached hydrogens (tertiary/aromatic N) is 1. The van der Waals surface area contributed by atoms with E-state index in [-0.39, 0.29) is 11.5 Å². The van der Waals surface area contributed by atoms with E-state index < -0.39 is 16.0 Å². The zero-order valence-corrected chi connectivity index (χ0v) is 15.9. The fourth-order valence-electron chi connectivity index (χ4n) is 1.91. The highest BCUT2D eigenvalue weighted by atomic mass is 32.2. The van der Waals surface area contributed by atoms with Crippen molar-refractivity contribution in [1.29, 1.82) is 0 Å². The normalized spacial score (nSPS) is 11.1. The van der Waals surface area contributed by atoms with Crippen molar-refractivity contribution in [3.8, 4) is 5.75 Å². The van der Waals surface area contributed by atoms with Gasteiger partial charge in [0.1, 0.15) is 10.6 Å². The van der Waals surface area contributed by atoms with Crippen LogP contribution in [0.2, 0.25) is 0 Å². The highest BCUT2D eigenvalue weighted by molar-refractivity contribution is 7.99. The van der Waals surface area contributed by atoms with Gasteiger partial charge in [-0.25, -0.2) is 17.9 Å². The van der Waals surface area contributed by atoms with Gasteiger partial charge in [0, 0.05) is 29.6 Å². The van der Waals surface area contributed by atoms with E-state index in [0.717, 1.165) is 4.90 Å². The molecular formula is C17H20N2O5S2. The fourth-order valence-corrected chi connectivity index (χ4v) is 3.80. The van der Waals surface area contributed by atoms with E-state index in [2.05, 4.69) is 9.71 Å². The van der Waals surface area contributed by atoms with Gasteiger partial charge in [-0.1, -0.05) is 0 Å². The molecule has 0 saturated heterocycles. The minimum absolute atomic E-state index is 0.129. The molecule has 1 heterocycles. The molecular weight excluding hydrogens is 376 g/mol. The molecule has 0 radical (unpaired) electrons. The number of pyridine rings is 1. The van der Waals surface area contributed by atoms with E-state index >= 15 is 0 Å². The summed E-state index contributed by atoms with van der Waals surface area (Å²) in [6.45, 7) is 2.22. The monoisotopic (exact) mass is 396 g/mol. The molecule has 0 bridgehead atoms. The molecule has 2 rings (SSSR count). The molecule has 26 heavy (non-hydrogen) atoms. The summed E-state index contributed by atoms with van der Waals surface area (Å²) < 4.78 is 36.7. The van der Waals surface area contributed by atoms with E-state index in [1.165, 1.54) is 30.2 Å². The second-order valence-electron chi connectivity index (χ2n) is 5.00. The fraction of sp³-hybridized carbons (Fsp3) is 0.294. The second-order valence-corrected chi connectivity index (χ2v) is 7.94. The van der Waals surface area contributed by atoms with Crippen molar-refractivity contribution < 1.29 is 22.7 Å². The summed E-state index contributed by atoms with van der Waals surface area (Å²) in [4.78, 5) is 16.1. The zero-order valence-electron chi connectivity index (χ0n) is 14.3. The molecule has 1 aromatic heterocycles. The molecule has 0 atom stereocenters. The number of ether oxygens (including phenoxy) is 2. The van der Waals surface area contributed by atoms with Crippen LogP contribution >= 0.6 is 11.8 Å². The van der Waals surface area contributed by atoms with Crippen LogP contribution in [-0.4, -0.2) is 44.9 Å². The Morgan fingerprint density at radius 1 is 1.23 bits per heavy atom. The average molecular weight is 396 g/mol. The van der Waals surface area contributed by atoms with Crippen molar-refractivity contribution in [2.45, 2.75) is 16.7 Å². The maximum Gasteiger partial charge on any atom is 0.344 e. The Morgan fingerprint density at radius 3 is 2.65 bits per heavy atom. The Balaban J connectivity index is 1.74. The zero-order chi connectivity index (χ0) is 18.8. The Labute approximate surface area is 157 Å². The van der Waals surface area contributed by atoms with Crippen molar-refractivity contribution >= 4 is 27.8 Å². The molecule has 1 N–H and O–H groups in total. The van der Waals surface area contributed by atoms with Crippen molar-refractivity contribution in [1.82, 2.24) is 9.71 Å². The first-order chi connectivity index (χ1) is 12.5. The van der Waals surface area contributed by atoms with Crippen LogP contribution in [0.4, 0.5) is 0 Å². The topological polar surface area (TPSA) is 94.6 Å². The molecule has 0 spiro atoms. The van der Waals surface area contributed by atoms with Gasteiger partial charge in [0.25, 0.3) is 0 Å². The first-order valence-electron chi connectivity index (χ1n) is 7.92. The van der Waals surface area contributed by atoms with Crippen LogP contribution in [0, 0.1) is 0 Å². The molecule has 0 aliphatic carbocycles. The van der Waals surface area contributed by atoms with Crippen LogP contribution in [0.5, 0.6) is 5.75 Å². The Kier molecular flexibility index (Phi) is 7.89. The number of benzene rings is 1. The van der Waals surface area contributed by atoms with Crippen molar-refractivity contribution in [2.24, 2.45) is 0 Å². The molecule has 0 unspecified atom stereocenters. The van der Waals surface area contributed by atoms with Gasteiger partial charge >= 0.3 is 5.97 Å². The lowest BCUT2D eigenvalue weighted by atomic mass is 10.3. The number of thioether (sulfide) groups is 1. The SMILES string of the molecule is CCOC(=O)COc1ccc(SCCNS(=O)(=O)c2cccnc2)cc1. The van der Waals surface area contributed by atoms with Crippen molar-refractivity contribution in [3.05, 3.63) is 48.8 Å². The van der Waals surface area contributed by atoms with Crippen LogP contribution in [-0.2, 0) is 19.6 Å². The first kappa shape index (κ1) is 20.2. The molecule has 0 aliphatic rings. The number of rotatable bonds is 10. The standard InChI is InChI=1S/C17H20N2O5S2/c1-2-23-17(20)13-24-14-5-7-15(8-6-14)25-11-10-19-26(21,22)16-4-3-9-18-12-16/h3-9,12,19H,2,10-11,13H2,1H3. The minimum Gasteiger partial charge on any atom is -0.482 e. The van der Waals surface area contributed by atoms with Crippen molar-refractivity contribution in [2.75, 3.05) is 25.5 Å². The highest BCUT2D eigenvalue weighted by Gasteiger charge is 2.12. The van der Waals surface area contributed by atoms with Gasteiger partial charge in [0.15, 0.2) is 6.61 Å². The largest absolute Gasteiger partial charge is 0.482 e. The summed E-state index contributed by atoms with van der Waals surface area (Å²) in [5, 5.41) is 0. The smallest absolute Gasteiger partial charge is 0.344 e. The lowest BCUT2D eigenvalue weighted by molar-refractivity contribution is -0.145. The van der Waals surface area contributed by atoms with Gasteiger partial charge < -0.3 is 9.47 Å². The molecule has 2 aromatic rings. The third-order valence-electron chi connectivity index (χ3n) is 3.09. The number of nitrogens with one attached hydrogen (secondary N) is 1. The van der Waals surface area contributed by atoms with Crippen molar-refractivity contribution in [3.63, 3.8) is 0 Å². The average Bonchev–Trinajstić information content (AvgIpc) is 2.65. The minimum atomic E-state index is -3.53. The van der Waals surface area contributed by atoms with Crippen LogP contribution in [0.3, 0.4) is 0 Å². The number of sulfonamides is 1. The van der Waals surface area contributed by atoms with Crippen LogP contribution in [0.1, 0.15) is 6.92 Å². The third-order valence-corrected chi connectivity index (χ3v) is 5.55. The number of aromatic nitrogens is 1. The number of esters is 1. The van der Waals surface area contributed by atoms with E-state index in [1.54, 1.807) is 25.1 Å². The van der Waals surface area contributed by atoms with Gasteiger partial charge in [0.2, 0.25) is 10.0 Å². The predicted molar refractivity (Wildman–Crippen MR) is 98.7 cm³/mol. The van der Waals surface area contributed by atoms with Gasteiger partial charge in [0.05, 0.1) is 6.61 Å². The Bertz CT molecular complexity index is 796. The van der Waals surface area contributed by atoms with E-state index in [1.807, 2.05) is 12.1 Å². The number of carbonyl (C=O) groups excluding carboxylic acids is 1. The molecule has 0 saturated carbocycles. The Morgan fingerprint density at radius 2 is 2.00 bits per heavy atom. The third kappa shape index (κ3) is 6.66. The predicted octanol–water partition coefficient (Wildman–Crippen LogP) is 2.09. The lowest BCUT2D eigenvalue weighted by Gasteiger charge is -2.08. The second kappa shape index (κ2) is 10.1. The van der Waals surface area contributed by atoms with Crippen LogP contribution in [0.25, 0.3) is 0 Å². The molecule has 0 aliphatic heterocycles. The molecule has 1 aromatic carbocycles. The number of hydrogen-bond donors (Lipinski definition) is 1. The highest BCUT2D eigenvalue weighted by Crippen LogP contribution is 2.21. The maximum absolute atomic E-state index is 12.0. The summed E-state index contributed by atoms with van der Waals surface area (Å²) >= 11 is 1.51. The van der Waals surface area contributed by atoms with E-state index in [0.29, 0.717) is 24.7 Å². The van der Waals surface area contributed by atoms with Gasteiger partial charge in [-0.2, -0.15) is 0 Å². The molecule has 0 amide bonds. The lowest BCUT2D eigenvalue weighted by Crippen LogP contribution is -2.26. The van der Waals surface area contributed by atoms with Gasteiger partial charge in [-0.05, 0) is 43.3 Å². The molecule has 7 nitrogen and oxygen atoms in total. The summed E-state index contributed by atoms with van der Waals surface area (Å²) in [5.41, 5.74) is 0. The number of carbonyl (C=O) groups is 1. The molecule has 9 heteroatoms. The first-order valence-corrected chi connectivity index (χ1v) is 10.4. The Hall–Kier alpha value is -2.10. The molecule has 0 fully saturated rings. The van der Waals surface area contributed by atoms with E-state index in [9.17, 15) is 13.2 Å². The van der Waals surface area contributed by atoms with Crippen LogP contribution < -0.4 is 9.46 Å². The summed E-state index contributed by atoms with van der Waals surface area (Å²) in [5.74, 6) is 0.731. The number of hydrogen-bond acceptors (Lipinski definition) is 7. The summed E-state index contributed by atoms with van der Waals surface area (Å²) in [6, 6.07) is 10.3. The maximum atomic E-state index is 12.0. The molecule has 140 valence electrons. The summed E-state index contributed by atoms with van der Waals surface area (Å²) in [6.07, 6.45) is 2.83. The van der Waals surface area contributed by atoms with Gasteiger partial charge in [-0.3, -0.25) is 4.98 Å². The van der Waals surface area contributed by atoms with Crippen LogP contribution in [0.15, 0.2) is 58.6 Å². The summed E-state index contributed by atoms with van der Waals surface area (Å²) in [7, 11) is -3.53.